The summed E-state index contributed by atoms with van der Waals surface area (Å²) >= 11 is 7.40. The summed E-state index contributed by atoms with van der Waals surface area (Å²) in [5.74, 6) is 0.596. The number of hydrogen-bond acceptors (Lipinski definition) is 4. The molecule has 2 heterocycles. The summed E-state index contributed by atoms with van der Waals surface area (Å²) in [5, 5.41) is 6.27. The number of nitrogens with one attached hydrogen (secondary N) is 2. The molecule has 0 spiro atoms. The van der Waals surface area contributed by atoms with Crippen LogP contribution in [0.1, 0.15) is 19.3 Å². The van der Waals surface area contributed by atoms with Gasteiger partial charge < -0.3 is 15.5 Å². The molecular formula is C17H22ClN3O2S. The van der Waals surface area contributed by atoms with Crippen LogP contribution in [0.3, 0.4) is 0 Å². The number of thioether (sulfide) groups is 1. The van der Waals surface area contributed by atoms with E-state index < -0.39 is 0 Å². The van der Waals surface area contributed by atoms with Gasteiger partial charge in [0.2, 0.25) is 11.8 Å². The fourth-order valence-electron chi connectivity index (χ4n) is 3.22. The van der Waals surface area contributed by atoms with Gasteiger partial charge >= 0.3 is 0 Å². The molecule has 0 aliphatic carbocycles. The quantitative estimate of drug-likeness (QED) is 0.858. The van der Waals surface area contributed by atoms with Crippen molar-refractivity contribution in [2.75, 3.05) is 32.0 Å². The molecule has 1 saturated heterocycles. The molecule has 1 aromatic carbocycles. The molecule has 7 heteroatoms. The first-order chi connectivity index (χ1) is 11.6. The van der Waals surface area contributed by atoms with Crippen LogP contribution >= 0.6 is 23.4 Å². The summed E-state index contributed by atoms with van der Waals surface area (Å²) in [4.78, 5) is 27.7. The van der Waals surface area contributed by atoms with Gasteiger partial charge in [-0.25, -0.2) is 0 Å². The average Bonchev–Trinajstić information content (AvgIpc) is 2.56. The second kappa shape index (κ2) is 7.76. The molecule has 1 atom stereocenters. The van der Waals surface area contributed by atoms with Gasteiger partial charge in [-0.15, -0.1) is 11.8 Å². The fourth-order valence-corrected chi connectivity index (χ4v) is 4.47. The molecule has 2 N–H and O–H groups in total. The van der Waals surface area contributed by atoms with E-state index in [0.29, 0.717) is 10.9 Å². The van der Waals surface area contributed by atoms with Gasteiger partial charge in [0.15, 0.2) is 0 Å². The Hall–Kier alpha value is -1.24. The normalized spacial score (nSPS) is 21.3. The summed E-state index contributed by atoms with van der Waals surface area (Å²) in [5.41, 5.74) is 0.731. The number of rotatable bonds is 4. The van der Waals surface area contributed by atoms with Gasteiger partial charge in [-0.05, 0) is 50.6 Å². The number of nitrogens with zero attached hydrogens (tertiary/aromatic N) is 1. The third-order valence-corrected chi connectivity index (χ3v) is 6.09. The Labute approximate surface area is 151 Å². The topological polar surface area (TPSA) is 61.4 Å². The lowest BCUT2D eigenvalue weighted by Gasteiger charge is -2.33. The predicted octanol–water partition coefficient (Wildman–Crippen LogP) is 2.60. The van der Waals surface area contributed by atoms with E-state index in [0.717, 1.165) is 43.1 Å². The van der Waals surface area contributed by atoms with Crippen LogP contribution in [0.25, 0.3) is 0 Å². The Morgan fingerprint density at radius 2 is 2.17 bits per heavy atom. The predicted molar refractivity (Wildman–Crippen MR) is 97.6 cm³/mol. The Morgan fingerprint density at radius 3 is 2.88 bits per heavy atom. The Balaban J connectivity index is 1.57. The summed E-state index contributed by atoms with van der Waals surface area (Å²) in [6.45, 7) is 2.58. The van der Waals surface area contributed by atoms with Gasteiger partial charge in [0.05, 0.1) is 10.9 Å². The lowest BCUT2D eigenvalue weighted by Crippen LogP contribution is -2.42. The van der Waals surface area contributed by atoms with Crippen molar-refractivity contribution in [1.29, 1.82) is 0 Å². The van der Waals surface area contributed by atoms with Gasteiger partial charge in [-0.2, -0.15) is 0 Å². The molecule has 1 aromatic rings. The number of hydrogen-bond donors (Lipinski definition) is 2. The van der Waals surface area contributed by atoms with Crippen LogP contribution in [-0.2, 0) is 9.59 Å². The number of amides is 2. The number of likely N-dealkylation sites (tertiary alicyclic amines) is 1. The lowest BCUT2D eigenvalue weighted by molar-refractivity contribution is -0.133. The number of benzene rings is 1. The maximum Gasteiger partial charge on any atom is 0.238 e. The van der Waals surface area contributed by atoms with Gasteiger partial charge in [0, 0.05) is 29.4 Å². The smallest absolute Gasteiger partial charge is 0.238 e. The molecule has 3 rings (SSSR count). The summed E-state index contributed by atoms with van der Waals surface area (Å²) in [7, 11) is 1.96. The van der Waals surface area contributed by atoms with E-state index in [1.54, 1.807) is 12.1 Å². The third-order valence-electron chi connectivity index (χ3n) is 4.58. The van der Waals surface area contributed by atoms with E-state index in [-0.39, 0.29) is 23.5 Å². The number of carbonyl (C=O) groups excluding carboxylic acids is 2. The van der Waals surface area contributed by atoms with Crippen molar-refractivity contribution in [3.8, 4) is 0 Å². The zero-order valence-electron chi connectivity index (χ0n) is 13.7. The van der Waals surface area contributed by atoms with Crippen LogP contribution < -0.4 is 10.6 Å². The maximum absolute atomic E-state index is 12.5. The second-order valence-corrected chi connectivity index (χ2v) is 8.00. The van der Waals surface area contributed by atoms with E-state index in [2.05, 4.69) is 10.6 Å². The van der Waals surface area contributed by atoms with E-state index in [4.69, 9.17) is 11.6 Å². The first kappa shape index (κ1) is 17.6. The number of halogens is 1. The molecule has 2 amide bonds. The fraction of sp³-hybridized carbons (Fsp3) is 0.529. The van der Waals surface area contributed by atoms with Gasteiger partial charge in [0.1, 0.15) is 0 Å². The van der Waals surface area contributed by atoms with Crippen molar-refractivity contribution < 1.29 is 9.59 Å². The van der Waals surface area contributed by atoms with Crippen LogP contribution in [0.5, 0.6) is 0 Å². The number of fused-ring (bicyclic) bond motifs is 1. The molecule has 0 saturated carbocycles. The maximum atomic E-state index is 12.5. The SMILES string of the molecule is CNCC1CCN(C(=O)CC2Sc3ccc(Cl)cc3NC2=O)CC1. The molecule has 0 radical (unpaired) electrons. The van der Waals surface area contributed by atoms with Crippen molar-refractivity contribution in [2.24, 2.45) is 5.92 Å². The minimum absolute atomic E-state index is 0.0722. The highest BCUT2D eigenvalue weighted by atomic mass is 35.5. The second-order valence-electron chi connectivity index (χ2n) is 6.32. The minimum Gasteiger partial charge on any atom is -0.343 e. The zero-order valence-corrected chi connectivity index (χ0v) is 15.3. The summed E-state index contributed by atoms with van der Waals surface area (Å²) < 4.78 is 0. The van der Waals surface area contributed by atoms with Gasteiger partial charge in [-0.1, -0.05) is 11.6 Å². The summed E-state index contributed by atoms with van der Waals surface area (Å²) in [6.07, 6.45) is 2.30. The standard InChI is InChI=1S/C17H22ClN3O2S/c1-19-10-11-4-6-21(7-5-11)16(22)9-15-17(23)20-13-8-12(18)2-3-14(13)24-15/h2-3,8,11,15,19H,4-7,9-10H2,1H3,(H,20,23). The van der Waals surface area contributed by atoms with Crippen LogP contribution in [0.15, 0.2) is 23.1 Å². The van der Waals surface area contributed by atoms with Crippen LogP contribution in [0.2, 0.25) is 5.02 Å². The van der Waals surface area contributed by atoms with E-state index in [1.165, 1.54) is 11.8 Å². The van der Waals surface area contributed by atoms with E-state index in [1.807, 2.05) is 18.0 Å². The first-order valence-corrected chi connectivity index (χ1v) is 9.52. The molecule has 1 fully saturated rings. The van der Waals surface area contributed by atoms with Crippen molar-refractivity contribution in [1.82, 2.24) is 10.2 Å². The average molecular weight is 368 g/mol. The molecule has 130 valence electrons. The lowest BCUT2D eigenvalue weighted by atomic mass is 9.96. The van der Waals surface area contributed by atoms with E-state index in [9.17, 15) is 9.59 Å². The van der Waals surface area contributed by atoms with Crippen LogP contribution in [-0.4, -0.2) is 48.6 Å². The highest BCUT2D eigenvalue weighted by Crippen LogP contribution is 2.38. The largest absolute Gasteiger partial charge is 0.343 e. The monoisotopic (exact) mass is 367 g/mol. The van der Waals surface area contributed by atoms with Crippen molar-refractivity contribution in [2.45, 2.75) is 29.4 Å². The Kier molecular flexibility index (Phi) is 5.69. The molecule has 2 aliphatic heterocycles. The zero-order chi connectivity index (χ0) is 17.1. The van der Waals surface area contributed by atoms with E-state index >= 15 is 0 Å². The molecule has 2 aliphatic rings. The molecule has 0 bridgehead atoms. The van der Waals surface area contributed by atoms with Gasteiger partial charge in [-0.3, -0.25) is 9.59 Å². The first-order valence-electron chi connectivity index (χ1n) is 8.26. The molecule has 0 aromatic heterocycles. The Bertz CT molecular complexity index is 632. The van der Waals surface area contributed by atoms with Crippen LogP contribution in [0, 0.1) is 5.92 Å². The van der Waals surface area contributed by atoms with Crippen molar-refractivity contribution >= 4 is 40.9 Å². The Morgan fingerprint density at radius 1 is 1.42 bits per heavy atom. The highest BCUT2D eigenvalue weighted by molar-refractivity contribution is 8.01. The highest BCUT2D eigenvalue weighted by Gasteiger charge is 2.31. The number of piperidine rings is 1. The van der Waals surface area contributed by atoms with Crippen molar-refractivity contribution in [3.63, 3.8) is 0 Å². The molecule has 5 nitrogen and oxygen atoms in total. The molecular weight excluding hydrogens is 346 g/mol. The van der Waals surface area contributed by atoms with Gasteiger partial charge in [0.25, 0.3) is 0 Å². The van der Waals surface area contributed by atoms with Crippen LogP contribution in [0.4, 0.5) is 5.69 Å². The number of anilines is 1. The number of carbonyl (C=O) groups is 2. The minimum atomic E-state index is -0.374. The molecule has 24 heavy (non-hydrogen) atoms. The summed E-state index contributed by atoms with van der Waals surface area (Å²) in [6, 6.07) is 5.44. The van der Waals surface area contributed by atoms with Crippen molar-refractivity contribution in [3.05, 3.63) is 23.2 Å². The molecule has 1 unspecified atom stereocenters. The third kappa shape index (κ3) is 4.05.